The summed E-state index contributed by atoms with van der Waals surface area (Å²) in [4.78, 5) is 31.4. The van der Waals surface area contributed by atoms with Crippen molar-refractivity contribution in [3.63, 3.8) is 0 Å². The monoisotopic (exact) mass is 478 g/mol. The second kappa shape index (κ2) is 11.7. The number of hydrogen-bond acceptors (Lipinski definition) is 4. The van der Waals surface area contributed by atoms with Gasteiger partial charge in [0, 0.05) is 51.5 Å². The van der Waals surface area contributed by atoms with Gasteiger partial charge in [0.15, 0.2) is 5.76 Å². The normalized spacial score (nSPS) is 14.1. The van der Waals surface area contributed by atoms with E-state index in [0.717, 1.165) is 30.8 Å². The smallest absolute Gasteiger partial charge is 0.321 e. The van der Waals surface area contributed by atoms with E-state index in [-0.39, 0.29) is 23.5 Å². The van der Waals surface area contributed by atoms with E-state index in [2.05, 4.69) is 17.1 Å². The lowest BCUT2D eigenvalue weighted by molar-refractivity contribution is 0.0673. The zero-order valence-corrected chi connectivity index (χ0v) is 20.0. The van der Waals surface area contributed by atoms with E-state index in [9.17, 15) is 14.0 Å². The molecule has 1 aliphatic heterocycles. The number of nitrogens with one attached hydrogen (secondary N) is 1. The third-order valence-electron chi connectivity index (χ3n) is 6.26. The van der Waals surface area contributed by atoms with Crippen LogP contribution >= 0.6 is 0 Å². The van der Waals surface area contributed by atoms with Gasteiger partial charge in [-0.25, -0.2) is 9.18 Å². The van der Waals surface area contributed by atoms with Crippen molar-refractivity contribution in [2.75, 3.05) is 44.6 Å². The highest BCUT2D eigenvalue weighted by Gasteiger charge is 2.24. The first-order chi connectivity index (χ1) is 17.0. The van der Waals surface area contributed by atoms with Gasteiger partial charge in [0.1, 0.15) is 5.82 Å². The molecule has 2 aromatic carbocycles. The second-order valence-corrected chi connectivity index (χ2v) is 8.64. The summed E-state index contributed by atoms with van der Waals surface area (Å²) in [6, 6.07) is 17.3. The SMILES string of the molecule is CCc1ccc(NC(=O)N2CCN(CCN(Cc3ccc(F)cc3)C(=O)c3ccco3)CC2)cc1. The van der Waals surface area contributed by atoms with E-state index in [1.54, 1.807) is 29.2 Å². The fraction of sp³-hybridized carbons (Fsp3) is 0.333. The Balaban J connectivity index is 1.29. The van der Waals surface area contributed by atoms with Gasteiger partial charge < -0.3 is 19.5 Å². The van der Waals surface area contributed by atoms with Crippen molar-refractivity contribution < 1.29 is 18.4 Å². The Labute approximate surface area is 205 Å². The predicted molar refractivity (Wildman–Crippen MR) is 133 cm³/mol. The number of rotatable bonds is 8. The molecular weight excluding hydrogens is 447 g/mol. The highest BCUT2D eigenvalue weighted by atomic mass is 19.1. The second-order valence-electron chi connectivity index (χ2n) is 8.64. The van der Waals surface area contributed by atoms with Gasteiger partial charge in [-0.3, -0.25) is 9.69 Å². The van der Waals surface area contributed by atoms with Crippen molar-refractivity contribution in [3.8, 4) is 0 Å². The molecule has 184 valence electrons. The molecule has 0 saturated carbocycles. The maximum atomic E-state index is 13.3. The van der Waals surface area contributed by atoms with Crippen LogP contribution in [-0.4, -0.2) is 65.9 Å². The molecule has 4 rings (SSSR count). The zero-order chi connectivity index (χ0) is 24.6. The molecule has 1 aliphatic rings. The standard InChI is InChI=1S/C27H31FN4O3/c1-2-21-7-11-24(12-8-21)29-27(34)31-16-13-30(14-17-31)15-18-32(26(33)25-4-3-19-35-25)20-22-5-9-23(28)10-6-22/h3-12,19H,2,13-18,20H2,1H3,(H,29,34). The van der Waals surface area contributed by atoms with E-state index < -0.39 is 0 Å². The molecule has 1 aromatic heterocycles. The molecular formula is C27H31FN4O3. The van der Waals surface area contributed by atoms with Gasteiger partial charge in [-0.1, -0.05) is 31.2 Å². The van der Waals surface area contributed by atoms with Gasteiger partial charge in [-0.15, -0.1) is 0 Å². The van der Waals surface area contributed by atoms with Crippen molar-refractivity contribution in [1.29, 1.82) is 0 Å². The van der Waals surface area contributed by atoms with Crippen LogP contribution in [0.4, 0.5) is 14.9 Å². The molecule has 3 amide bonds. The van der Waals surface area contributed by atoms with Gasteiger partial charge >= 0.3 is 6.03 Å². The fourth-order valence-electron chi connectivity index (χ4n) is 4.08. The van der Waals surface area contributed by atoms with Crippen LogP contribution in [0.15, 0.2) is 71.3 Å². The first-order valence-corrected chi connectivity index (χ1v) is 12.0. The lowest BCUT2D eigenvalue weighted by Gasteiger charge is -2.35. The largest absolute Gasteiger partial charge is 0.459 e. The molecule has 1 saturated heterocycles. The van der Waals surface area contributed by atoms with Crippen molar-refractivity contribution in [2.45, 2.75) is 19.9 Å². The molecule has 0 bridgehead atoms. The number of piperazine rings is 1. The Morgan fingerprint density at radius 2 is 1.66 bits per heavy atom. The summed E-state index contributed by atoms with van der Waals surface area (Å²) >= 11 is 0. The summed E-state index contributed by atoms with van der Waals surface area (Å²) in [7, 11) is 0. The number of hydrogen-bond donors (Lipinski definition) is 1. The number of anilines is 1. The third kappa shape index (κ3) is 6.70. The number of benzene rings is 2. The molecule has 0 spiro atoms. The topological polar surface area (TPSA) is 69.0 Å². The van der Waals surface area contributed by atoms with E-state index in [0.29, 0.717) is 32.7 Å². The van der Waals surface area contributed by atoms with Crippen LogP contribution in [0.1, 0.15) is 28.6 Å². The Hall–Kier alpha value is -3.65. The zero-order valence-electron chi connectivity index (χ0n) is 20.0. The number of carbonyl (C=O) groups excluding carboxylic acids is 2. The summed E-state index contributed by atoms with van der Waals surface area (Å²) in [6.45, 7) is 6.30. The van der Waals surface area contributed by atoms with Gasteiger partial charge in [0.25, 0.3) is 5.91 Å². The molecule has 0 radical (unpaired) electrons. The molecule has 7 nitrogen and oxygen atoms in total. The Morgan fingerprint density at radius 3 is 2.29 bits per heavy atom. The van der Waals surface area contributed by atoms with E-state index in [4.69, 9.17) is 4.42 Å². The molecule has 8 heteroatoms. The summed E-state index contributed by atoms with van der Waals surface area (Å²) < 4.78 is 18.6. The quantitative estimate of drug-likeness (QED) is 0.519. The summed E-state index contributed by atoms with van der Waals surface area (Å²) in [6.07, 6.45) is 2.44. The van der Waals surface area contributed by atoms with E-state index in [1.807, 2.05) is 29.2 Å². The predicted octanol–water partition coefficient (Wildman–Crippen LogP) is 4.47. The number of amides is 3. The number of aryl methyl sites for hydroxylation is 1. The minimum absolute atomic E-state index is 0.0974. The molecule has 1 N–H and O–H groups in total. The summed E-state index contributed by atoms with van der Waals surface area (Å²) in [5.74, 6) is -0.232. The molecule has 1 fully saturated rings. The molecule has 3 aromatic rings. The number of nitrogens with zero attached hydrogens (tertiary/aromatic N) is 3. The Kier molecular flexibility index (Phi) is 8.15. The van der Waals surface area contributed by atoms with Crippen molar-refractivity contribution in [2.24, 2.45) is 0 Å². The minimum atomic E-state index is -0.308. The third-order valence-corrected chi connectivity index (χ3v) is 6.26. The molecule has 0 unspecified atom stereocenters. The first-order valence-electron chi connectivity index (χ1n) is 12.0. The van der Waals surface area contributed by atoms with Crippen LogP contribution in [0.5, 0.6) is 0 Å². The molecule has 0 aliphatic carbocycles. The van der Waals surface area contributed by atoms with Gasteiger partial charge in [0.05, 0.1) is 6.26 Å². The lowest BCUT2D eigenvalue weighted by Crippen LogP contribution is -2.51. The number of furan rings is 1. The van der Waals surface area contributed by atoms with Gasteiger partial charge in [-0.2, -0.15) is 0 Å². The van der Waals surface area contributed by atoms with Crippen molar-refractivity contribution in [3.05, 3.63) is 89.6 Å². The molecule has 0 atom stereocenters. The van der Waals surface area contributed by atoms with E-state index in [1.165, 1.54) is 24.0 Å². The van der Waals surface area contributed by atoms with E-state index >= 15 is 0 Å². The maximum absolute atomic E-state index is 13.3. The Morgan fingerprint density at radius 1 is 0.971 bits per heavy atom. The van der Waals surface area contributed by atoms with Crippen LogP contribution in [0.25, 0.3) is 0 Å². The minimum Gasteiger partial charge on any atom is -0.459 e. The molecule has 35 heavy (non-hydrogen) atoms. The van der Waals surface area contributed by atoms with Crippen LogP contribution < -0.4 is 5.32 Å². The summed E-state index contributed by atoms with van der Waals surface area (Å²) in [5, 5.41) is 2.97. The van der Waals surface area contributed by atoms with Crippen LogP contribution in [0.2, 0.25) is 0 Å². The fourth-order valence-corrected chi connectivity index (χ4v) is 4.08. The first kappa shape index (κ1) is 24.5. The van der Waals surface area contributed by atoms with Gasteiger partial charge in [0.2, 0.25) is 0 Å². The van der Waals surface area contributed by atoms with Crippen LogP contribution in [0.3, 0.4) is 0 Å². The number of carbonyl (C=O) groups is 2. The van der Waals surface area contributed by atoms with Crippen LogP contribution in [-0.2, 0) is 13.0 Å². The van der Waals surface area contributed by atoms with Crippen LogP contribution in [0, 0.1) is 5.82 Å². The molecule has 2 heterocycles. The number of halogens is 1. The van der Waals surface area contributed by atoms with Crippen molar-refractivity contribution in [1.82, 2.24) is 14.7 Å². The van der Waals surface area contributed by atoms with Gasteiger partial charge in [-0.05, 0) is 53.9 Å². The Bertz CT molecular complexity index is 1090. The van der Waals surface area contributed by atoms with Crippen molar-refractivity contribution >= 4 is 17.6 Å². The average molecular weight is 479 g/mol. The summed E-state index contributed by atoms with van der Waals surface area (Å²) in [5.41, 5.74) is 2.87. The number of urea groups is 1. The lowest BCUT2D eigenvalue weighted by atomic mass is 10.1. The highest BCUT2D eigenvalue weighted by molar-refractivity contribution is 5.91. The highest BCUT2D eigenvalue weighted by Crippen LogP contribution is 2.14. The average Bonchev–Trinajstić information content (AvgIpc) is 3.43. The maximum Gasteiger partial charge on any atom is 0.321 e.